The number of phosphoric ester groups is 1. The van der Waals surface area contributed by atoms with E-state index in [1.807, 2.05) is 6.08 Å². The number of rotatable bonds is 44. The molecule has 0 fully saturated rings. The molecule has 0 bridgehead atoms. The average molecular weight is 813 g/mol. The average Bonchev–Trinajstić information content (AvgIpc) is 3.17. The van der Waals surface area contributed by atoms with E-state index in [-0.39, 0.29) is 19.4 Å². The Morgan fingerprint density at radius 1 is 0.464 bits per heavy atom. The molecule has 56 heavy (non-hydrogen) atoms. The summed E-state index contributed by atoms with van der Waals surface area (Å²) in [6.45, 7) is 3.69. The number of carbonyl (C=O) groups excluding carboxylic acids is 2. The number of unbranched alkanes of at least 4 members (excludes halogenated alkanes) is 30. The van der Waals surface area contributed by atoms with Crippen LogP contribution in [0.1, 0.15) is 245 Å². The summed E-state index contributed by atoms with van der Waals surface area (Å²) in [7, 11) is -4.76. The minimum atomic E-state index is -4.76. The molecule has 9 heteroatoms. The van der Waals surface area contributed by atoms with E-state index in [1.54, 1.807) is 0 Å². The smallest absolute Gasteiger partial charge is 0.462 e. The highest BCUT2D eigenvalue weighted by Gasteiger charge is 2.22. The normalized spacial score (nSPS) is 12.6. The van der Waals surface area contributed by atoms with Gasteiger partial charge in [-0.3, -0.25) is 14.1 Å². The first-order valence-corrected chi connectivity index (χ1v) is 25.2. The van der Waals surface area contributed by atoms with E-state index in [9.17, 15) is 14.2 Å². The zero-order valence-corrected chi connectivity index (χ0v) is 37.4. The lowest BCUT2D eigenvalue weighted by atomic mass is 10.0. The molecule has 0 saturated heterocycles. The zero-order chi connectivity index (χ0) is 41.1. The standard InChI is InChI=1S/C47H89O8P/c1-3-5-7-9-11-13-15-17-19-21-22-23-24-26-27-29-31-33-35-37-39-41-46(48)53-43-45(44-54-56(50,51)52)55-47(49)42-40-38-36-34-32-30-28-25-20-18-16-14-12-10-8-6-4-2/h28,30,34,36,45H,3-27,29,31-33,35,37-44H2,1-2H3,(H2,50,51,52)/b30-28+,36-34+/t45-/m1/s1. The van der Waals surface area contributed by atoms with Crippen LogP contribution >= 0.6 is 7.82 Å². The summed E-state index contributed by atoms with van der Waals surface area (Å²) in [6.07, 6.45) is 50.6. The van der Waals surface area contributed by atoms with Gasteiger partial charge in [0.1, 0.15) is 6.61 Å². The van der Waals surface area contributed by atoms with Crippen LogP contribution in [0.15, 0.2) is 24.3 Å². The Morgan fingerprint density at radius 3 is 1.23 bits per heavy atom. The molecule has 0 aromatic carbocycles. The Bertz CT molecular complexity index is 962. The predicted octanol–water partition coefficient (Wildman–Crippen LogP) is 14.7. The molecule has 1 atom stereocenters. The Labute approximate surface area is 345 Å². The maximum atomic E-state index is 12.4. The minimum absolute atomic E-state index is 0.151. The van der Waals surface area contributed by atoms with Crippen LogP contribution in [0.2, 0.25) is 0 Å². The molecule has 8 nitrogen and oxygen atoms in total. The van der Waals surface area contributed by atoms with Crippen molar-refractivity contribution in [1.82, 2.24) is 0 Å². The van der Waals surface area contributed by atoms with E-state index in [0.29, 0.717) is 6.42 Å². The fourth-order valence-corrected chi connectivity index (χ4v) is 7.30. The quantitative estimate of drug-likeness (QED) is 0.0270. The second-order valence-corrected chi connectivity index (χ2v) is 17.3. The van der Waals surface area contributed by atoms with E-state index in [4.69, 9.17) is 19.3 Å². The summed E-state index contributed by atoms with van der Waals surface area (Å²) in [5, 5.41) is 0. The fourth-order valence-electron chi connectivity index (χ4n) is 6.94. The molecule has 0 heterocycles. The van der Waals surface area contributed by atoms with Crippen LogP contribution in [-0.4, -0.2) is 41.0 Å². The van der Waals surface area contributed by atoms with Gasteiger partial charge >= 0.3 is 19.8 Å². The second-order valence-electron chi connectivity index (χ2n) is 16.1. The molecule has 0 aliphatic carbocycles. The molecule has 0 spiro atoms. The highest BCUT2D eigenvalue weighted by molar-refractivity contribution is 7.46. The molecular weight excluding hydrogens is 723 g/mol. The lowest BCUT2D eigenvalue weighted by molar-refractivity contribution is -0.161. The van der Waals surface area contributed by atoms with Gasteiger partial charge in [0.25, 0.3) is 0 Å². The van der Waals surface area contributed by atoms with Gasteiger partial charge in [-0.25, -0.2) is 4.57 Å². The van der Waals surface area contributed by atoms with Crippen molar-refractivity contribution in [2.45, 2.75) is 251 Å². The molecule has 0 aliphatic rings. The largest absolute Gasteiger partial charge is 0.469 e. The molecule has 330 valence electrons. The summed E-state index contributed by atoms with van der Waals surface area (Å²) in [4.78, 5) is 42.9. The maximum absolute atomic E-state index is 12.4. The van der Waals surface area contributed by atoms with E-state index in [0.717, 1.165) is 38.5 Å². The number of phosphoric acid groups is 1. The number of allylic oxidation sites excluding steroid dienone is 4. The third-order valence-electron chi connectivity index (χ3n) is 10.5. The lowest BCUT2D eigenvalue weighted by Crippen LogP contribution is -2.29. The molecule has 0 rings (SSSR count). The van der Waals surface area contributed by atoms with E-state index < -0.39 is 32.5 Å². The molecule has 0 aromatic rings. The summed E-state index contributed by atoms with van der Waals surface area (Å²) in [5.74, 6) is -0.925. The van der Waals surface area contributed by atoms with Crippen LogP contribution in [0.3, 0.4) is 0 Å². The third kappa shape index (κ3) is 45.2. The van der Waals surface area contributed by atoms with Gasteiger partial charge in [-0.2, -0.15) is 0 Å². The Balaban J connectivity index is 3.86. The zero-order valence-electron chi connectivity index (χ0n) is 36.5. The first-order valence-electron chi connectivity index (χ1n) is 23.6. The highest BCUT2D eigenvalue weighted by atomic mass is 31.2. The first kappa shape index (κ1) is 54.5. The molecule has 0 aliphatic heterocycles. The van der Waals surface area contributed by atoms with Crippen LogP contribution in [0.4, 0.5) is 0 Å². The molecule has 0 unspecified atom stereocenters. The van der Waals surface area contributed by atoms with Gasteiger partial charge in [-0.15, -0.1) is 0 Å². The Kier molecular flexibility index (Phi) is 42.0. The first-order chi connectivity index (χ1) is 27.3. The number of carbonyl (C=O) groups is 2. The summed E-state index contributed by atoms with van der Waals surface area (Å²) in [5.41, 5.74) is 0. The third-order valence-corrected chi connectivity index (χ3v) is 11.0. The number of hydrogen-bond donors (Lipinski definition) is 2. The minimum Gasteiger partial charge on any atom is -0.462 e. The van der Waals surface area contributed by atoms with E-state index in [2.05, 4.69) is 36.6 Å². The van der Waals surface area contributed by atoms with Crippen LogP contribution in [-0.2, 0) is 28.2 Å². The molecule has 0 radical (unpaired) electrons. The van der Waals surface area contributed by atoms with Crippen LogP contribution in [0.25, 0.3) is 0 Å². The lowest BCUT2D eigenvalue weighted by Gasteiger charge is -2.18. The van der Waals surface area contributed by atoms with E-state index in [1.165, 1.54) is 173 Å². The van der Waals surface area contributed by atoms with Crippen molar-refractivity contribution >= 4 is 19.8 Å². The summed E-state index contributed by atoms with van der Waals surface area (Å²) < 4.78 is 26.4. The van der Waals surface area contributed by atoms with E-state index >= 15 is 0 Å². The van der Waals surface area contributed by atoms with Crippen LogP contribution in [0.5, 0.6) is 0 Å². The van der Waals surface area contributed by atoms with Gasteiger partial charge in [-0.1, -0.05) is 218 Å². The van der Waals surface area contributed by atoms with Crippen LogP contribution in [0, 0.1) is 0 Å². The summed E-state index contributed by atoms with van der Waals surface area (Å²) in [6, 6.07) is 0. The molecule has 0 saturated carbocycles. The molecule has 0 aromatic heterocycles. The van der Waals surface area contributed by atoms with Gasteiger partial charge < -0.3 is 19.3 Å². The van der Waals surface area contributed by atoms with Crippen molar-refractivity contribution in [3.05, 3.63) is 24.3 Å². The van der Waals surface area contributed by atoms with Gasteiger partial charge in [-0.05, 0) is 38.5 Å². The maximum Gasteiger partial charge on any atom is 0.469 e. The Morgan fingerprint density at radius 2 is 0.821 bits per heavy atom. The number of ether oxygens (including phenoxy) is 2. The topological polar surface area (TPSA) is 119 Å². The van der Waals surface area contributed by atoms with Crippen LogP contribution < -0.4 is 0 Å². The Hall–Kier alpha value is -1.47. The fraction of sp³-hybridized carbons (Fsp3) is 0.872. The van der Waals surface area contributed by atoms with Crippen molar-refractivity contribution < 1.29 is 37.9 Å². The van der Waals surface area contributed by atoms with Gasteiger partial charge in [0, 0.05) is 12.8 Å². The van der Waals surface area contributed by atoms with Gasteiger partial charge in [0.05, 0.1) is 6.61 Å². The van der Waals surface area contributed by atoms with Crippen molar-refractivity contribution in [2.24, 2.45) is 0 Å². The highest BCUT2D eigenvalue weighted by Crippen LogP contribution is 2.36. The number of hydrogen-bond acceptors (Lipinski definition) is 6. The van der Waals surface area contributed by atoms with Crippen molar-refractivity contribution in [3.8, 4) is 0 Å². The predicted molar refractivity (Wildman–Crippen MR) is 235 cm³/mol. The van der Waals surface area contributed by atoms with Gasteiger partial charge in [0.2, 0.25) is 0 Å². The molecule has 0 amide bonds. The second kappa shape index (κ2) is 43.1. The van der Waals surface area contributed by atoms with Crippen molar-refractivity contribution in [1.29, 1.82) is 0 Å². The van der Waals surface area contributed by atoms with Crippen molar-refractivity contribution in [3.63, 3.8) is 0 Å². The number of esters is 2. The van der Waals surface area contributed by atoms with Gasteiger partial charge in [0.15, 0.2) is 6.10 Å². The monoisotopic (exact) mass is 813 g/mol. The van der Waals surface area contributed by atoms with Crippen molar-refractivity contribution in [2.75, 3.05) is 13.2 Å². The molecule has 2 N–H and O–H groups in total. The SMILES string of the molecule is CCCCCCCCCCC/C=C/C/C=C/CCCC(=O)O[C@H](COC(=O)CCCCCCCCCCCCCCCCCCCCCCC)COP(=O)(O)O. The molecular formula is C47H89O8P. The summed E-state index contributed by atoms with van der Waals surface area (Å²) >= 11 is 0.